The van der Waals surface area contributed by atoms with E-state index >= 15 is 0 Å². The second kappa shape index (κ2) is 6.67. The monoisotopic (exact) mass is 226 g/mol. The molecule has 2 nitrogen and oxygen atoms in total. The van der Waals surface area contributed by atoms with Crippen molar-refractivity contribution in [3.63, 3.8) is 0 Å². The zero-order valence-corrected chi connectivity index (χ0v) is 10.2. The minimum absolute atomic E-state index is 0.544. The van der Waals surface area contributed by atoms with Crippen LogP contribution in [0.2, 0.25) is 5.15 Å². The molecule has 0 aliphatic carbocycles. The zero-order chi connectivity index (χ0) is 11.1. The first-order chi connectivity index (χ1) is 7.18. The minimum atomic E-state index is 0.544. The van der Waals surface area contributed by atoms with E-state index in [1.807, 2.05) is 12.1 Å². The lowest BCUT2D eigenvalue weighted by atomic mass is 10.1. The predicted octanol–water partition coefficient (Wildman–Crippen LogP) is 3.97. The molecule has 0 fully saturated rings. The molecule has 1 N–H and O–H groups in total. The molecule has 0 unspecified atom stereocenters. The second-order valence-corrected chi connectivity index (χ2v) is 4.57. The molecule has 3 heteroatoms. The standard InChI is InChI=1S/C12H19ClN2/c1-10(2)5-3-4-7-14-11-6-8-15-12(13)9-11/h6,8-10H,3-5,7H2,1-2H3,(H,14,15). The normalized spacial score (nSPS) is 10.7. The van der Waals surface area contributed by atoms with Gasteiger partial charge in [0.15, 0.2) is 0 Å². The van der Waals surface area contributed by atoms with Gasteiger partial charge >= 0.3 is 0 Å². The summed E-state index contributed by atoms with van der Waals surface area (Å²) < 4.78 is 0. The summed E-state index contributed by atoms with van der Waals surface area (Å²) in [4.78, 5) is 3.93. The fraction of sp³-hybridized carbons (Fsp3) is 0.583. The van der Waals surface area contributed by atoms with Crippen molar-refractivity contribution in [3.05, 3.63) is 23.5 Å². The van der Waals surface area contributed by atoms with Crippen molar-refractivity contribution >= 4 is 17.3 Å². The van der Waals surface area contributed by atoms with Gasteiger partial charge in [0.2, 0.25) is 0 Å². The molecule has 1 aromatic rings. The van der Waals surface area contributed by atoms with E-state index in [2.05, 4.69) is 24.1 Å². The van der Waals surface area contributed by atoms with E-state index in [1.165, 1.54) is 19.3 Å². The van der Waals surface area contributed by atoms with Crippen molar-refractivity contribution in [2.75, 3.05) is 11.9 Å². The Bertz CT molecular complexity index is 287. The first-order valence-corrected chi connectivity index (χ1v) is 5.91. The third kappa shape index (κ3) is 5.63. The molecular formula is C12H19ClN2. The van der Waals surface area contributed by atoms with Crippen LogP contribution >= 0.6 is 11.6 Å². The number of anilines is 1. The molecule has 84 valence electrons. The lowest BCUT2D eigenvalue weighted by Crippen LogP contribution is -2.02. The lowest BCUT2D eigenvalue weighted by Gasteiger charge is -2.07. The van der Waals surface area contributed by atoms with Crippen molar-refractivity contribution in [2.24, 2.45) is 5.92 Å². The molecule has 1 rings (SSSR count). The first kappa shape index (κ1) is 12.3. The Morgan fingerprint density at radius 1 is 1.40 bits per heavy atom. The summed E-state index contributed by atoms with van der Waals surface area (Å²) in [5.74, 6) is 0.806. The van der Waals surface area contributed by atoms with Gasteiger partial charge in [0, 0.05) is 18.4 Å². The Morgan fingerprint density at radius 3 is 2.87 bits per heavy atom. The van der Waals surface area contributed by atoms with Gasteiger partial charge in [0.05, 0.1) is 0 Å². The number of pyridine rings is 1. The van der Waals surface area contributed by atoms with Crippen molar-refractivity contribution in [1.82, 2.24) is 4.98 Å². The third-order valence-corrected chi connectivity index (χ3v) is 2.47. The van der Waals surface area contributed by atoms with Gasteiger partial charge in [-0.1, -0.05) is 38.3 Å². The highest BCUT2D eigenvalue weighted by molar-refractivity contribution is 6.29. The Morgan fingerprint density at radius 2 is 2.20 bits per heavy atom. The summed E-state index contributed by atoms with van der Waals surface area (Å²) in [5, 5.41) is 3.88. The summed E-state index contributed by atoms with van der Waals surface area (Å²) in [5.41, 5.74) is 1.06. The van der Waals surface area contributed by atoms with Crippen molar-refractivity contribution < 1.29 is 0 Å². The molecule has 15 heavy (non-hydrogen) atoms. The van der Waals surface area contributed by atoms with Gasteiger partial charge in [-0.25, -0.2) is 4.98 Å². The SMILES string of the molecule is CC(C)CCCCNc1ccnc(Cl)c1. The first-order valence-electron chi connectivity index (χ1n) is 5.54. The molecule has 0 aliphatic rings. The number of nitrogens with one attached hydrogen (secondary N) is 1. The number of hydrogen-bond donors (Lipinski definition) is 1. The molecule has 1 aromatic heterocycles. The quantitative estimate of drug-likeness (QED) is 0.587. The predicted molar refractivity (Wildman–Crippen MR) is 66.4 cm³/mol. The van der Waals surface area contributed by atoms with E-state index < -0.39 is 0 Å². The molecule has 0 saturated heterocycles. The molecule has 0 atom stereocenters. The summed E-state index contributed by atoms with van der Waals surface area (Å²) in [6.07, 6.45) is 5.51. The molecule has 0 aliphatic heterocycles. The van der Waals surface area contributed by atoms with E-state index in [0.717, 1.165) is 18.2 Å². The highest BCUT2D eigenvalue weighted by atomic mass is 35.5. The Labute approximate surface area is 97.1 Å². The van der Waals surface area contributed by atoms with E-state index in [9.17, 15) is 0 Å². The minimum Gasteiger partial charge on any atom is -0.385 e. The van der Waals surface area contributed by atoms with Gasteiger partial charge in [-0.15, -0.1) is 0 Å². The van der Waals surface area contributed by atoms with Crippen molar-refractivity contribution in [3.8, 4) is 0 Å². The van der Waals surface area contributed by atoms with Crippen LogP contribution in [-0.2, 0) is 0 Å². The summed E-state index contributed by atoms with van der Waals surface area (Å²) in [6.45, 7) is 5.53. The van der Waals surface area contributed by atoms with Gasteiger partial charge in [0.25, 0.3) is 0 Å². The van der Waals surface area contributed by atoms with Crippen LogP contribution in [0.1, 0.15) is 33.1 Å². The van der Waals surface area contributed by atoms with Crippen molar-refractivity contribution in [2.45, 2.75) is 33.1 Å². The fourth-order valence-electron chi connectivity index (χ4n) is 1.42. The molecule has 0 amide bonds. The number of halogens is 1. The number of hydrogen-bond acceptors (Lipinski definition) is 2. The van der Waals surface area contributed by atoms with Crippen LogP contribution in [0, 0.1) is 5.92 Å². The molecule has 0 radical (unpaired) electrons. The van der Waals surface area contributed by atoms with Crippen LogP contribution in [0.25, 0.3) is 0 Å². The van der Waals surface area contributed by atoms with Gasteiger partial charge < -0.3 is 5.32 Å². The average molecular weight is 227 g/mol. The average Bonchev–Trinajstić information content (AvgIpc) is 2.17. The summed E-state index contributed by atoms with van der Waals surface area (Å²) >= 11 is 5.78. The number of nitrogens with zero attached hydrogens (tertiary/aromatic N) is 1. The van der Waals surface area contributed by atoms with Crippen LogP contribution in [0.4, 0.5) is 5.69 Å². The molecular weight excluding hydrogens is 208 g/mol. The Hall–Kier alpha value is -0.760. The highest BCUT2D eigenvalue weighted by Crippen LogP contribution is 2.12. The Kier molecular flexibility index (Phi) is 5.48. The summed E-state index contributed by atoms with van der Waals surface area (Å²) in [7, 11) is 0. The zero-order valence-electron chi connectivity index (χ0n) is 9.46. The second-order valence-electron chi connectivity index (χ2n) is 4.18. The van der Waals surface area contributed by atoms with Crippen LogP contribution in [0.3, 0.4) is 0 Å². The van der Waals surface area contributed by atoms with Crippen LogP contribution in [0.5, 0.6) is 0 Å². The van der Waals surface area contributed by atoms with Crippen LogP contribution in [-0.4, -0.2) is 11.5 Å². The lowest BCUT2D eigenvalue weighted by molar-refractivity contribution is 0.545. The summed E-state index contributed by atoms with van der Waals surface area (Å²) in [6, 6.07) is 3.79. The molecule has 0 saturated carbocycles. The molecule has 1 heterocycles. The van der Waals surface area contributed by atoms with E-state index in [0.29, 0.717) is 5.15 Å². The number of aromatic nitrogens is 1. The van der Waals surface area contributed by atoms with Gasteiger partial charge in [-0.05, 0) is 24.5 Å². The molecule has 0 aromatic carbocycles. The van der Waals surface area contributed by atoms with E-state index in [1.54, 1.807) is 6.20 Å². The van der Waals surface area contributed by atoms with E-state index in [4.69, 9.17) is 11.6 Å². The van der Waals surface area contributed by atoms with Crippen LogP contribution < -0.4 is 5.32 Å². The van der Waals surface area contributed by atoms with E-state index in [-0.39, 0.29) is 0 Å². The maximum absolute atomic E-state index is 5.78. The van der Waals surface area contributed by atoms with Gasteiger partial charge in [-0.3, -0.25) is 0 Å². The molecule has 0 spiro atoms. The fourth-order valence-corrected chi connectivity index (χ4v) is 1.60. The van der Waals surface area contributed by atoms with Gasteiger partial charge in [0.1, 0.15) is 5.15 Å². The number of unbranched alkanes of at least 4 members (excludes halogenated alkanes) is 1. The highest BCUT2D eigenvalue weighted by Gasteiger charge is 1.95. The third-order valence-electron chi connectivity index (χ3n) is 2.26. The smallest absolute Gasteiger partial charge is 0.131 e. The topological polar surface area (TPSA) is 24.9 Å². The molecule has 0 bridgehead atoms. The Balaban J connectivity index is 2.15. The maximum atomic E-state index is 5.78. The van der Waals surface area contributed by atoms with Crippen LogP contribution in [0.15, 0.2) is 18.3 Å². The number of rotatable bonds is 6. The largest absolute Gasteiger partial charge is 0.385 e. The van der Waals surface area contributed by atoms with Crippen molar-refractivity contribution in [1.29, 1.82) is 0 Å². The maximum Gasteiger partial charge on any atom is 0.131 e. The van der Waals surface area contributed by atoms with Gasteiger partial charge in [-0.2, -0.15) is 0 Å².